The molecule has 6 nitrogen and oxygen atoms in total. The standard InChI is InChI=1S/C18H22N4O2/c1-12-3-5-13(6-4-12)15-11-16(21-18(20-15)24-2)22-9-7-14(8-10-22)17(19)23/h3-6,11,14H,7-10H2,1-2H3,(H2,19,23). The SMILES string of the molecule is COc1nc(-c2ccc(C)cc2)cc(N2CCC(C(N)=O)CC2)n1. The van der Waals surface area contributed by atoms with Crippen molar-refractivity contribution in [1.82, 2.24) is 9.97 Å². The summed E-state index contributed by atoms with van der Waals surface area (Å²) in [6, 6.07) is 10.5. The van der Waals surface area contributed by atoms with Crippen molar-refractivity contribution >= 4 is 11.7 Å². The largest absolute Gasteiger partial charge is 0.467 e. The van der Waals surface area contributed by atoms with E-state index in [1.807, 2.05) is 18.2 Å². The molecule has 0 radical (unpaired) electrons. The lowest BCUT2D eigenvalue weighted by molar-refractivity contribution is -0.122. The highest BCUT2D eigenvalue weighted by Gasteiger charge is 2.24. The van der Waals surface area contributed by atoms with Gasteiger partial charge < -0.3 is 15.4 Å². The second kappa shape index (κ2) is 6.86. The Hall–Kier alpha value is -2.63. The molecule has 1 saturated heterocycles. The number of piperidine rings is 1. The van der Waals surface area contributed by atoms with Crippen LogP contribution in [0.15, 0.2) is 30.3 Å². The summed E-state index contributed by atoms with van der Waals surface area (Å²) in [5, 5.41) is 0. The predicted octanol–water partition coefficient (Wildman–Crippen LogP) is 2.16. The minimum atomic E-state index is -0.213. The lowest BCUT2D eigenvalue weighted by Crippen LogP contribution is -2.39. The van der Waals surface area contributed by atoms with Crippen molar-refractivity contribution in [3.8, 4) is 17.3 Å². The molecule has 1 amide bonds. The van der Waals surface area contributed by atoms with Crippen LogP contribution in [0.5, 0.6) is 6.01 Å². The molecule has 0 spiro atoms. The fraction of sp³-hybridized carbons (Fsp3) is 0.389. The van der Waals surface area contributed by atoms with Crippen LogP contribution in [0.2, 0.25) is 0 Å². The van der Waals surface area contributed by atoms with Crippen LogP contribution >= 0.6 is 0 Å². The Balaban J connectivity index is 1.87. The summed E-state index contributed by atoms with van der Waals surface area (Å²) < 4.78 is 5.27. The van der Waals surface area contributed by atoms with Gasteiger partial charge in [-0.15, -0.1) is 0 Å². The topological polar surface area (TPSA) is 81.3 Å². The normalized spacial score (nSPS) is 15.3. The van der Waals surface area contributed by atoms with E-state index in [1.54, 1.807) is 7.11 Å². The summed E-state index contributed by atoms with van der Waals surface area (Å²) in [6.45, 7) is 3.56. The van der Waals surface area contributed by atoms with E-state index in [0.29, 0.717) is 6.01 Å². The van der Waals surface area contributed by atoms with Gasteiger partial charge in [0.25, 0.3) is 0 Å². The number of aryl methyl sites for hydroxylation is 1. The van der Waals surface area contributed by atoms with Crippen LogP contribution in [0.25, 0.3) is 11.3 Å². The maximum atomic E-state index is 11.3. The molecule has 2 N–H and O–H groups in total. The Morgan fingerprint density at radius 1 is 1.21 bits per heavy atom. The van der Waals surface area contributed by atoms with Crippen molar-refractivity contribution in [2.75, 3.05) is 25.1 Å². The molecule has 24 heavy (non-hydrogen) atoms. The van der Waals surface area contributed by atoms with E-state index in [9.17, 15) is 4.79 Å². The molecule has 2 aromatic rings. The van der Waals surface area contributed by atoms with Crippen molar-refractivity contribution in [2.24, 2.45) is 11.7 Å². The Labute approximate surface area is 141 Å². The molecule has 6 heteroatoms. The second-order valence-corrected chi connectivity index (χ2v) is 6.13. The van der Waals surface area contributed by atoms with E-state index in [-0.39, 0.29) is 11.8 Å². The minimum Gasteiger partial charge on any atom is -0.467 e. The van der Waals surface area contributed by atoms with Crippen molar-refractivity contribution < 1.29 is 9.53 Å². The molecule has 1 aliphatic rings. The lowest BCUT2D eigenvalue weighted by atomic mass is 9.96. The number of nitrogens with two attached hydrogens (primary N) is 1. The first-order valence-electron chi connectivity index (χ1n) is 8.11. The van der Waals surface area contributed by atoms with Gasteiger partial charge in [0.2, 0.25) is 5.91 Å². The van der Waals surface area contributed by atoms with E-state index >= 15 is 0 Å². The number of anilines is 1. The van der Waals surface area contributed by atoms with Crippen LogP contribution < -0.4 is 15.4 Å². The van der Waals surface area contributed by atoms with Gasteiger partial charge >= 0.3 is 6.01 Å². The van der Waals surface area contributed by atoms with Gasteiger partial charge in [-0.1, -0.05) is 29.8 Å². The third kappa shape index (κ3) is 3.48. The van der Waals surface area contributed by atoms with E-state index in [0.717, 1.165) is 43.0 Å². The zero-order chi connectivity index (χ0) is 17.1. The Kier molecular flexibility index (Phi) is 4.64. The highest BCUT2D eigenvalue weighted by atomic mass is 16.5. The summed E-state index contributed by atoms with van der Waals surface area (Å²) in [6.07, 6.45) is 1.50. The first kappa shape index (κ1) is 16.2. The number of hydrogen-bond acceptors (Lipinski definition) is 5. The molecule has 2 heterocycles. The van der Waals surface area contributed by atoms with E-state index in [2.05, 4.69) is 33.9 Å². The van der Waals surface area contributed by atoms with Gasteiger partial charge in [-0.2, -0.15) is 9.97 Å². The molecule has 0 bridgehead atoms. The minimum absolute atomic E-state index is 0.0402. The molecule has 0 unspecified atom stereocenters. The molecule has 0 saturated carbocycles. The fourth-order valence-electron chi connectivity index (χ4n) is 2.93. The first-order valence-corrected chi connectivity index (χ1v) is 8.11. The number of benzene rings is 1. The van der Waals surface area contributed by atoms with Gasteiger partial charge in [0.1, 0.15) is 5.82 Å². The monoisotopic (exact) mass is 326 g/mol. The van der Waals surface area contributed by atoms with Crippen LogP contribution in [-0.4, -0.2) is 36.1 Å². The number of rotatable bonds is 4. The molecule has 126 valence electrons. The number of methoxy groups -OCH3 is 1. The highest BCUT2D eigenvalue weighted by Crippen LogP contribution is 2.27. The Bertz CT molecular complexity index is 722. The van der Waals surface area contributed by atoms with Crippen LogP contribution in [0.1, 0.15) is 18.4 Å². The van der Waals surface area contributed by atoms with Gasteiger partial charge in [0.15, 0.2) is 0 Å². The fourth-order valence-corrected chi connectivity index (χ4v) is 2.93. The zero-order valence-electron chi connectivity index (χ0n) is 14.0. The molecular formula is C18H22N4O2. The number of hydrogen-bond donors (Lipinski definition) is 1. The van der Waals surface area contributed by atoms with Crippen molar-refractivity contribution in [3.63, 3.8) is 0 Å². The molecule has 0 aliphatic carbocycles. The third-order valence-corrected chi connectivity index (χ3v) is 4.44. The lowest BCUT2D eigenvalue weighted by Gasteiger charge is -2.31. The number of amides is 1. The Morgan fingerprint density at radius 2 is 1.88 bits per heavy atom. The number of aromatic nitrogens is 2. The average molecular weight is 326 g/mol. The number of carbonyl (C=O) groups excluding carboxylic acids is 1. The number of primary amides is 1. The van der Waals surface area contributed by atoms with Crippen molar-refractivity contribution in [2.45, 2.75) is 19.8 Å². The summed E-state index contributed by atoms with van der Waals surface area (Å²) in [4.78, 5) is 22.4. The van der Waals surface area contributed by atoms with Crippen molar-refractivity contribution in [1.29, 1.82) is 0 Å². The molecule has 1 aromatic carbocycles. The van der Waals surface area contributed by atoms with Crippen LogP contribution in [-0.2, 0) is 4.79 Å². The quantitative estimate of drug-likeness (QED) is 0.931. The maximum absolute atomic E-state index is 11.3. The molecule has 3 rings (SSSR count). The second-order valence-electron chi connectivity index (χ2n) is 6.13. The average Bonchev–Trinajstić information content (AvgIpc) is 2.62. The van der Waals surface area contributed by atoms with Crippen LogP contribution in [0.3, 0.4) is 0 Å². The van der Waals surface area contributed by atoms with Crippen LogP contribution in [0.4, 0.5) is 5.82 Å². The van der Waals surface area contributed by atoms with Gasteiger partial charge in [0.05, 0.1) is 12.8 Å². The molecule has 1 aromatic heterocycles. The summed E-state index contributed by atoms with van der Waals surface area (Å²) in [5.74, 6) is 0.567. The van der Waals surface area contributed by atoms with Gasteiger partial charge in [-0.25, -0.2) is 0 Å². The number of ether oxygens (including phenoxy) is 1. The van der Waals surface area contributed by atoms with Crippen molar-refractivity contribution in [3.05, 3.63) is 35.9 Å². The third-order valence-electron chi connectivity index (χ3n) is 4.44. The van der Waals surface area contributed by atoms with Crippen LogP contribution in [0, 0.1) is 12.8 Å². The Morgan fingerprint density at radius 3 is 2.46 bits per heavy atom. The molecule has 1 aliphatic heterocycles. The van der Waals surface area contributed by atoms with E-state index in [1.165, 1.54) is 5.56 Å². The number of nitrogens with zero attached hydrogens (tertiary/aromatic N) is 3. The first-order chi connectivity index (χ1) is 11.6. The molecular weight excluding hydrogens is 304 g/mol. The summed E-state index contributed by atoms with van der Waals surface area (Å²) >= 11 is 0. The van der Waals surface area contributed by atoms with Gasteiger partial charge in [-0.05, 0) is 19.8 Å². The zero-order valence-corrected chi connectivity index (χ0v) is 14.0. The van der Waals surface area contributed by atoms with Gasteiger partial charge in [-0.3, -0.25) is 4.79 Å². The van der Waals surface area contributed by atoms with E-state index < -0.39 is 0 Å². The summed E-state index contributed by atoms with van der Waals surface area (Å²) in [7, 11) is 1.57. The maximum Gasteiger partial charge on any atom is 0.318 e. The predicted molar refractivity (Wildman–Crippen MR) is 92.9 cm³/mol. The molecule has 1 fully saturated rings. The smallest absolute Gasteiger partial charge is 0.318 e. The van der Waals surface area contributed by atoms with E-state index in [4.69, 9.17) is 10.5 Å². The summed E-state index contributed by atoms with van der Waals surface area (Å²) in [5.41, 5.74) is 8.46. The number of carbonyl (C=O) groups is 1. The molecule has 0 atom stereocenters. The van der Waals surface area contributed by atoms with Gasteiger partial charge in [0, 0.05) is 30.6 Å². The highest BCUT2D eigenvalue weighted by molar-refractivity contribution is 5.77.